The van der Waals surface area contributed by atoms with Crippen molar-refractivity contribution >= 4 is 5.91 Å². The van der Waals surface area contributed by atoms with Crippen molar-refractivity contribution in [2.75, 3.05) is 26.2 Å². The number of hydrogen-bond acceptors (Lipinski definition) is 4. The van der Waals surface area contributed by atoms with Gasteiger partial charge in [0.1, 0.15) is 0 Å². The number of pyridine rings is 1. The minimum absolute atomic E-state index is 0.152. The van der Waals surface area contributed by atoms with Crippen LogP contribution in [0.2, 0.25) is 0 Å². The maximum Gasteiger partial charge on any atom is 0.230 e. The van der Waals surface area contributed by atoms with Crippen LogP contribution in [-0.2, 0) is 11.3 Å². The van der Waals surface area contributed by atoms with Crippen molar-refractivity contribution in [2.45, 2.75) is 58.5 Å². The highest BCUT2D eigenvalue weighted by molar-refractivity contribution is 5.87. The number of imidazole rings is 1. The highest BCUT2D eigenvalue weighted by atomic mass is 16.2. The average molecular weight is 408 g/mol. The van der Waals surface area contributed by atoms with Gasteiger partial charge in [-0.15, -0.1) is 0 Å². The Morgan fingerprint density at radius 3 is 2.80 bits per heavy atom. The Morgan fingerprint density at radius 2 is 2.10 bits per heavy atom. The van der Waals surface area contributed by atoms with Crippen molar-refractivity contribution in [3.05, 3.63) is 47.8 Å². The summed E-state index contributed by atoms with van der Waals surface area (Å²) in [5.41, 5.74) is 2.86. The summed E-state index contributed by atoms with van der Waals surface area (Å²) in [6.07, 6.45) is 7.60. The van der Waals surface area contributed by atoms with E-state index in [0.29, 0.717) is 11.9 Å². The predicted molar refractivity (Wildman–Crippen MR) is 116 cm³/mol. The Morgan fingerprint density at radius 1 is 1.27 bits per heavy atom. The quantitative estimate of drug-likeness (QED) is 0.737. The van der Waals surface area contributed by atoms with Crippen LogP contribution in [0, 0.1) is 18.3 Å². The van der Waals surface area contributed by atoms with Gasteiger partial charge >= 0.3 is 0 Å². The Balaban J connectivity index is 1.43. The summed E-state index contributed by atoms with van der Waals surface area (Å²) in [4.78, 5) is 27.8. The third-order valence-corrected chi connectivity index (χ3v) is 7.24. The maximum absolute atomic E-state index is 13.7. The van der Waals surface area contributed by atoms with E-state index in [1.54, 1.807) is 0 Å². The Kier molecular flexibility index (Phi) is 4.92. The van der Waals surface area contributed by atoms with Crippen LogP contribution in [0.5, 0.6) is 0 Å². The fourth-order valence-corrected chi connectivity index (χ4v) is 5.35. The molecule has 2 aromatic heterocycles. The zero-order valence-electron chi connectivity index (χ0n) is 18.4. The predicted octanol–water partition coefficient (Wildman–Crippen LogP) is 3.40. The molecule has 1 aliphatic carbocycles. The van der Waals surface area contributed by atoms with Gasteiger partial charge in [0.05, 0.1) is 23.1 Å². The van der Waals surface area contributed by atoms with Crippen LogP contribution in [0.15, 0.2) is 30.7 Å². The first-order valence-corrected chi connectivity index (χ1v) is 11.4. The van der Waals surface area contributed by atoms with Crippen LogP contribution in [0.4, 0.5) is 0 Å². The molecule has 6 nitrogen and oxygen atoms in total. The van der Waals surface area contributed by atoms with Gasteiger partial charge in [-0.3, -0.25) is 14.7 Å². The lowest BCUT2D eigenvalue weighted by atomic mass is 9.75. The molecule has 5 rings (SSSR count). The van der Waals surface area contributed by atoms with Gasteiger partial charge in [-0.05, 0) is 58.1 Å². The molecule has 2 atom stereocenters. The van der Waals surface area contributed by atoms with Crippen molar-refractivity contribution < 1.29 is 4.79 Å². The lowest BCUT2D eigenvalue weighted by molar-refractivity contribution is -0.136. The van der Waals surface area contributed by atoms with Crippen LogP contribution >= 0.6 is 0 Å². The third kappa shape index (κ3) is 3.55. The molecule has 0 N–H and O–H groups in total. The lowest BCUT2D eigenvalue weighted by Gasteiger charge is -2.28. The molecule has 3 aliphatic rings. The topological polar surface area (TPSA) is 54.3 Å². The summed E-state index contributed by atoms with van der Waals surface area (Å²) >= 11 is 0. The largest absolute Gasteiger partial charge is 0.342 e. The second kappa shape index (κ2) is 7.49. The van der Waals surface area contributed by atoms with E-state index in [1.165, 1.54) is 12.8 Å². The molecule has 0 unspecified atom stereocenters. The number of aromatic nitrogens is 3. The molecule has 30 heavy (non-hydrogen) atoms. The van der Waals surface area contributed by atoms with E-state index >= 15 is 0 Å². The molecule has 0 bridgehead atoms. The first kappa shape index (κ1) is 19.7. The average Bonchev–Trinajstić information content (AvgIpc) is 3.13. The number of nitrogens with zero attached hydrogens (tertiary/aromatic N) is 5. The molecule has 0 radical (unpaired) electrons. The normalized spacial score (nSPS) is 27.1. The first-order chi connectivity index (χ1) is 14.4. The Labute approximate surface area is 179 Å². The van der Waals surface area contributed by atoms with Crippen LogP contribution in [0.3, 0.4) is 0 Å². The number of hydrogen-bond donors (Lipinski definition) is 0. The molecule has 2 aromatic rings. The number of amides is 1. The zero-order chi connectivity index (χ0) is 20.9. The SMILES string of the molecule is Cc1cccc(CN2C[C@H](c3cn(C(C)C)cn3)[C@@]3(CCN(CC4CC4)C3=O)C2)n1. The summed E-state index contributed by atoms with van der Waals surface area (Å²) in [7, 11) is 0. The molecule has 1 spiro atoms. The van der Waals surface area contributed by atoms with Gasteiger partial charge in [0.15, 0.2) is 0 Å². The van der Waals surface area contributed by atoms with Gasteiger partial charge in [0, 0.05) is 56.6 Å². The van der Waals surface area contributed by atoms with Crippen molar-refractivity contribution in [3.8, 4) is 0 Å². The zero-order valence-corrected chi connectivity index (χ0v) is 18.4. The standard InChI is InChI=1S/C24H33N5O/c1-17(2)29-14-22(25-16-29)21-13-27(12-20-6-4-5-18(3)26-20)15-24(21)9-10-28(23(24)30)11-19-7-8-19/h4-6,14,16-17,19,21H,7-13,15H2,1-3H3/t21-,24-/m1/s1. The molecular formula is C24H33N5O. The molecule has 2 saturated heterocycles. The van der Waals surface area contributed by atoms with E-state index < -0.39 is 0 Å². The van der Waals surface area contributed by atoms with Crippen LogP contribution in [0.1, 0.15) is 62.2 Å². The van der Waals surface area contributed by atoms with Crippen molar-refractivity contribution in [2.24, 2.45) is 11.3 Å². The summed E-state index contributed by atoms with van der Waals surface area (Å²) in [5.74, 6) is 1.24. The smallest absolute Gasteiger partial charge is 0.230 e. The van der Waals surface area contributed by atoms with E-state index in [4.69, 9.17) is 9.97 Å². The van der Waals surface area contributed by atoms with E-state index in [9.17, 15) is 4.79 Å². The molecule has 1 saturated carbocycles. The van der Waals surface area contributed by atoms with E-state index in [0.717, 1.165) is 62.1 Å². The monoisotopic (exact) mass is 407 g/mol. The van der Waals surface area contributed by atoms with Crippen molar-refractivity contribution in [1.82, 2.24) is 24.3 Å². The van der Waals surface area contributed by atoms with Crippen LogP contribution in [-0.4, -0.2) is 56.4 Å². The minimum Gasteiger partial charge on any atom is -0.342 e. The highest BCUT2D eigenvalue weighted by Gasteiger charge is 2.58. The van der Waals surface area contributed by atoms with Crippen LogP contribution < -0.4 is 0 Å². The number of likely N-dealkylation sites (tertiary alicyclic amines) is 2. The third-order valence-electron chi connectivity index (χ3n) is 7.24. The van der Waals surface area contributed by atoms with E-state index in [2.05, 4.69) is 46.5 Å². The van der Waals surface area contributed by atoms with Gasteiger partial charge in [0.25, 0.3) is 0 Å². The fraction of sp³-hybridized carbons (Fsp3) is 0.625. The van der Waals surface area contributed by atoms with Gasteiger partial charge in [0.2, 0.25) is 5.91 Å². The minimum atomic E-state index is -0.338. The van der Waals surface area contributed by atoms with E-state index in [-0.39, 0.29) is 11.3 Å². The lowest BCUT2D eigenvalue weighted by Crippen LogP contribution is -2.40. The summed E-state index contributed by atoms with van der Waals surface area (Å²) in [5, 5.41) is 0. The molecule has 0 aromatic carbocycles. The molecule has 160 valence electrons. The first-order valence-electron chi connectivity index (χ1n) is 11.4. The maximum atomic E-state index is 13.7. The second-order valence-corrected chi connectivity index (χ2v) is 9.93. The summed E-state index contributed by atoms with van der Waals surface area (Å²) in [6.45, 7) is 10.7. The number of rotatable bonds is 6. The Bertz CT molecular complexity index is 933. The number of carbonyl (C=O) groups excluding carboxylic acids is 1. The second-order valence-electron chi connectivity index (χ2n) is 9.93. The van der Waals surface area contributed by atoms with Crippen LogP contribution in [0.25, 0.3) is 0 Å². The summed E-state index contributed by atoms with van der Waals surface area (Å²) < 4.78 is 2.16. The molecule has 4 heterocycles. The molecule has 2 aliphatic heterocycles. The molecule has 3 fully saturated rings. The number of carbonyl (C=O) groups is 1. The number of aryl methyl sites for hydroxylation is 1. The Hall–Kier alpha value is -2.21. The van der Waals surface area contributed by atoms with Gasteiger partial charge in [-0.2, -0.15) is 0 Å². The van der Waals surface area contributed by atoms with Gasteiger partial charge < -0.3 is 9.47 Å². The molecular weight excluding hydrogens is 374 g/mol. The summed E-state index contributed by atoms with van der Waals surface area (Å²) in [6, 6.07) is 6.58. The van der Waals surface area contributed by atoms with Gasteiger partial charge in [-0.1, -0.05) is 6.07 Å². The molecule has 6 heteroatoms. The van der Waals surface area contributed by atoms with Crippen molar-refractivity contribution in [3.63, 3.8) is 0 Å². The van der Waals surface area contributed by atoms with E-state index in [1.807, 2.05) is 19.3 Å². The highest BCUT2D eigenvalue weighted by Crippen LogP contribution is 2.50. The van der Waals surface area contributed by atoms with Gasteiger partial charge in [-0.25, -0.2) is 4.98 Å². The fourth-order valence-electron chi connectivity index (χ4n) is 5.35. The molecule has 1 amide bonds. The van der Waals surface area contributed by atoms with Crippen molar-refractivity contribution in [1.29, 1.82) is 0 Å².